The third kappa shape index (κ3) is 2.72. The van der Waals surface area contributed by atoms with Crippen LogP contribution in [-0.2, 0) is 0 Å². The molecule has 0 fully saturated rings. The maximum atomic E-state index is 11.3. The molecule has 0 aliphatic heterocycles. The van der Waals surface area contributed by atoms with Crippen LogP contribution in [0.15, 0.2) is 12.1 Å². The lowest BCUT2D eigenvalue weighted by Gasteiger charge is -2.15. The van der Waals surface area contributed by atoms with Crippen LogP contribution in [0.1, 0.15) is 10.5 Å². The maximum Gasteiger partial charge on any atom is 0.353 e. The van der Waals surface area contributed by atoms with E-state index < -0.39 is 5.97 Å². The third-order valence-corrected chi connectivity index (χ3v) is 4.08. The summed E-state index contributed by atoms with van der Waals surface area (Å²) in [4.78, 5) is 14.5. The summed E-state index contributed by atoms with van der Waals surface area (Å²) in [7, 11) is 4.48. The van der Waals surface area contributed by atoms with E-state index in [9.17, 15) is 9.90 Å². The van der Waals surface area contributed by atoms with Crippen molar-refractivity contribution in [2.75, 3.05) is 21.3 Å². The van der Waals surface area contributed by atoms with Gasteiger partial charge >= 0.3 is 5.97 Å². The molecule has 112 valence electrons. The van der Waals surface area contributed by atoms with Crippen molar-refractivity contribution in [1.82, 2.24) is 4.98 Å². The van der Waals surface area contributed by atoms with Crippen LogP contribution in [0, 0.1) is 3.95 Å². The minimum absolute atomic E-state index is 0.0236. The van der Waals surface area contributed by atoms with Crippen molar-refractivity contribution >= 4 is 29.5 Å². The average Bonchev–Trinajstić information content (AvgIpc) is 2.87. The van der Waals surface area contributed by atoms with Gasteiger partial charge in [0, 0.05) is 5.56 Å². The molecule has 0 bridgehead atoms. The van der Waals surface area contributed by atoms with Gasteiger partial charge in [0.05, 0.1) is 26.2 Å². The number of aromatic amines is 1. The average molecular weight is 327 g/mol. The number of ether oxygens (including phenoxy) is 3. The first-order valence-corrected chi connectivity index (χ1v) is 7.01. The Kier molecular flexibility index (Phi) is 4.49. The van der Waals surface area contributed by atoms with E-state index in [1.54, 1.807) is 12.1 Å². The van der Waals surface area contributed by atoms with E-state index in [0.717, 1.165) is 11.3 Å². The van der Waals surface area contributed by atoms with Gasteiger partial charge in [0.1, 0.15) is 5.69 Å². The van der Waals surface area contributed by atoms with Crippen LogP contribution >= 0.6 is 23.6 Å². The highest BCUT2D eigenvalue weighted by Gasteiger charge is 2.23. The van der Waals surface area contributed by atoms with Gasteiger partial charge in [-0.05, 0) is 24.4 Å². The van der Waals surface area contributed by atoms with Gasteiger partial charge in [-0.15, -0.1) is 11.3 Å². The van der Waals surface area contributed by atoms with Crippen LogP contribution < -0.4 is 14.2 Å². The summed E-state index contributed by atoms with van der Waals surface area (Å²) < 4.78 is 16.2. The van der Waals surface area contributed by atoms with Gasteiger partial charge in [-0.25, -0.2) is 4.79 Å². The van der Waals surface area contributed by atoms with Crippen LogP contribution in [-0.4, -0.2) is 37.4 Å². The van der Waals surface area contributed by atoms with Gasteiger partial charge in [-0.1, -0.05) is 0 Å². The number of carboxylic acids is 1. The Morgan fingerprint density at radius 1 is 1.19 bits per heavy atom. The normalized spacial score (nSPS) is 10.2. The number of methoxy groups -OCH3 is 3. The zero-order valence-corrected chi connectivity index (χ0v) is 13.2. The highest BCUT2D eigenvalue weighted by Crippen LogP contribution is 2.46. The van der Waals surface area contributed by atoms with Gasteiger partial charge < -0.3 is 24.3 Å². The number of rotatable bonds is 5. The molecule has 0 aliphatic rings. The number of carboxylic acid groups (broad SMARTS) is 1. The molecule has 2 N–H and O–H groups in total. The Balaban J connectivity index is 2.75. The summed E-state index contributed by atoms with van der Waals surface area (Å²) in [5.41, 5.74) is 0.598. The van der Waals surface area contributed by atoms with Crippen molar-refractivity contribution in [2.24, 2.45) is 0 Å². The molecule has 1 aromatic carbocycles. The summed E-state index contributed by atoms with van der Waals surface area (Å²) in [5.74, 6) is 0.195. The van der Waals surface area contributed by atoms with Gasteiger partial charge in [0.15, 0.2) is 15.5 Å². The van der Waals surface area contributed by atoms with Crippen molar-refractivity contribution in [1.29, 1.82) is 0 Å². The van der Waals surface area contributed by atoms with Gasteiger partial charge in [0.2, 0.25) is 5.75 Å². The molecule has 6 nitrogen and oxygen atoms in total. The minimum atomic E-state index is -1.09. The number of thiazole rings is 1. The van der Waals surface area contributed by atoms with Gasteiger partial charge in [0.25, 0.3) is 0 Å². The lowest BCUT2D eigenvalue weighted by Crippen LogP contribution is -2.01. The lowest BCUT2D eigenvalue weighted by molar-refractivity contribution is 0.0692. The Morgan fingerprint density at radius 2 is 1.86 bits per heavy atom. The second-order valence-corrected chi connectivity index (χ2v) is 5.59. The van der Waals surface area contributed by atoms with E-state index in [-0.39, 0.29) is 5.69 Å². The van der Waals surface area contributed by atoms with Crippen LogP contribution in [0.25, 0.3) is 10.4 Å². The highest BCUT2D eigenvalue weighted by molar-refractivity contribution is 7.73. The number of hydrogen-bond acceptors (Lipinski definition) is 6. The van der Waals surface area contributed by atoms with Gasteiger partial charge in [-0.2, -0.15) is 0 Å². The summed E-state index contributed by atoms with van der Waals surface area (Å²) in [6.45, 7) is 0. The quantitative estimate of drug-likeness (QED) is 0.821. The lowest BCUT2D eigenvalue weighted by atomic mass is 10.1. The molecule has 8 heteroatoms. The van der Waals surface area contributed by atoms with Crippen molar-refractivity contribution in [2.45, 2.75) is 0 Å². The largest absolute Gasteiger partial charge is 0.493 e. The predicted molar refractivity (Wildman–Crippen MR) is 81.6 cm³/mol. The smallest absolute Gasteiger partial charge is 0.353 e. The first-order chi connectivity index (χ1) is 10.0. The molecule has 0 saturated carbocycles. The van der Waals surface area contributed by atoms with E-state index in [4.69, 9.17) is 26.4 Å². The van der Waals surface area contributed by atoms with Crippen LogP contribution in [0.5, 0.6) is 17.2 Å². The maximum absolute atomic E-state index is 11.3. The van der Waals surface area contributed by atoms with Crippen molar-refractivity contribution in [3.05, 3.63) is 21.8 Å². The standard InChI is InChI=1S/C13H13NO5S2/c1-17-7-5-4-6(9(18-2)10(7)19-3)11-8(12(15)16)14-13(20)21-11/h4-5H,1-3H3,(H,14,20)(H,15,16). The van der Waals surface area contributed by atoms with E-state index >= 15 is 0 Å². The topological polar surface area (TPSA) is 80.8 Å². The molecule has 2 rings (SSSR count). The van der Waals surface area contributed by atoms with Gasteiger partial charge in [-0.3, -0.25) is 0 Å². The fraction of sp³-hybridized carbons (Fsp3) is 0.231. The molecule has 0 spiro atoms. The highest BCUT2D eigenvalue weighted by atomic mass is 32.1. The molecule has 0 saturated heterocycles. The Bertz CT molecular complexity index is 735. The minimum Gasteiger partial charge on any atom is -0.493 e. The predicted octanol–water partition coefficient (Wildman–Crippen LogP) is 3.20. The monoisotopic (exact) mass is 327 g/mol. The molecule has 1 aromatic heterocycles. The summed E-state index contributed by atoms with van der Waals surface area (Å²) >= 11 is 6.19. The Labute approximate surface area is 129 Å². The fourth-order valence-corrected chi connectivity index (χ4v) is 3.15. The molecule has 1 heterocycles. The van der Waals surface area contributed by atoms with Crippen LogP contribution in [0.4, 0.5) is 0 Å². The van der Waals surface area contributed by atoms with Crippen molar-refractivity contribution < 1.29 is 24.1 Å². The Morgan fingerprint density at radius 3 is 2.38 bits per heavy atom. The molecule has 0 unspecified atom stereocenters. The van der Waals surface area contributed by atoms with E-state index in [2.05, 4.69) is 4.98 Å². The number of aromatic carboxylic acids is 1. The van der Waals surface area contributed by atoms with E-state index in [1.165, 1.54) is 21.3 Å². The zero-order valence-electron chi connectivity index (χ0n) is 11.6. The Hall–Kier alpha value is -2.06. The van der Waals surface area contributed by atoms with Crippen molar-refractivity contribution in [3.8, 4) is 27.7 Å². The van der Waals surface area contributed by atoms with E-state index in [0.29, 0.717) is 31.6 Å². The van der Waals surface area contributed by atoms with E-state index in [1.807, 2.05) is 0 Å². The number of aromatic nitrogens is 1. The first kappa shape index (κ1) is 15.3. The molecular formula is C13H13NO5S2. The van der Waals surface area contributed by atoms with Crippen LogP contribution in [0.3, 0.4) is 0 Å². The number of nitrogens with one attached hydrogen (secondary N) is 1. The molecule has 0 amide bonds. The van der Waals surface area contributed by atoms with Crippen molar-refractivity contribution in [3.63, 3.8) is 0 Å². The second-order valence-electron chi connectivity index (χ2n) is 3.91. The first-order valence-electron chi connectivity index (χ1n) is 5.79. The third-order valence-electron chi connectivity index (χ3n) is 2.81. The number of hydrogen-bond donors (Lipinski definition) is 2. The second kappa shape index (κ2) is 6.15. The molecule has 0 aliphatic carbocycles. The SMILES string of the molecule is COc1ccc(-c2sc(=S)[nH]c2C(=O)O)c(OC)c1OC. The summed E-state index contributed by atoms with van der Waals surface area (Å²) in [5, 5.41) is 9.26. The fourth-order valence-electron chi connectivity index (χ4n) is 1.95. The molecule has 0 atom stereocenters. The number of carbonyl (C=O) groups is 1. The van der Waals surface area contributed by atoms with Crippen LogP contribution in [0.2, 0.25) is 0 Å². The zero-order chi connectivity index (χ0) is 15.6. The summed E-state index contributed by atoms with van der Waals surface area (Å²) in [6, 6.07) is 3.39. The number of H-pyrrole nitrogens is 1. The molecular weight excluding hydrogens is 314 g/mol. The molecule has 21 heavy (non-hydrogen) atoms. The molecule has 0 radical (unpaired) electrons. The molecule has 2 aromatic rings. The number of benzene rings is 1. The summed E-state index contributed by atoms with van der Waals surface area (Å²) in [6.07, 6.45) is 0.